The average Bonchev–Trinajstić information content (AvgIpc) is 1.98. The van der Waals surface area contributed by atoms with E-state index in [2.05, 4.69) is 18.6 Å². The van der Waals surface area contributed by atoms with Crippen molar-refractivity contribution in [2.24, 2.45) is 0 Å². The summed E-state index contributed by atoms with van der Waals surface area (Å²) in [7, 11) is 1.64. The van der Waals surface area contributed by atoms with Gasteiger partial charge in [-0.3, -0.25) is 9.80 Å². The van der Waals surface area contributed by atoms with Crippen LogP contribution in [0.3, 0.4) is 0 Å². The second-order valence-corrected chi connectivity index (χ2v) is 2.43. The van der Waals surface area contributed by atoms with E-state index in [1.807, 2.05) is 0 Å². The molecule has 12 heavy (non-hydrogen) atoms. The smallest absolute Gasteiger partial charge is 0.324 e. The van der Waals surface area contributed by atoms with Gasteiger partial charge in [0.15, 0.2) is 0 Å². The van der Waals surface area contributed by atoms with Gasteiger partial charge in [0.1, 0.15) is 6.54 Å². The van der Waals surface area contributed by atoms with Crippen LogP contribution in [0.2, 0.25) is 0 Å². The first-order chi connectivity index (χ1) is 5.49. The zero-order valence-corrected chi connectivity index (χ0v) is 7.42. The van der Waals surface area contributed by atoms with Crippen molar-refractivity contribution >= 4 is 5.97 Å². The van der Waals surface area contributed by atoms with E-state index in [0.717, 1.165) is 5.57 Å². The van der Waals surface area contributed by atoms with E-state index in [0.29, 0.717) is 5.70 Å². The summed E-state index contributed by atoms with van der Waals surface area (Å²) < 4.78 is 0. The number of carboxylic acid groups (broad SMARTS) is 1. The van der Waals surface area contributed by atoms with Crippen LogP contribution in [0.5, 0.6) is 0 Å². The average molecular weight is 170 g/mol. The fourth-order valence-corrected chi connectivity index (χ4v) is 0.675. The third kappa shape index (κ3) is 3.21. The van der Waals surface area contributed by atoms with E-state index >= 15 is 0 Å². The molecule has 4 nitrogen and oxygen atoms in total. The van der Waals surface area contributed by atoms with Gasteiger partial charge in [-0.2, -0.15) is 0 Å². The second kappa shape index (κ2) is 4.56. The van der Waals surface area contributed by atoms with Crippen molar-refractivity contribution in [2.45, 2.75) is 6.92 Å². The zero-order chi connectivity index (χ0) is 9.72. The van der Waals surface area contributed by atoms with Crippen molar-refractivity contribution < 1.29 is 9.90 Å². The minimum absolute atomic E-state index is 0.123. The third-order valence-corrected chi connectivity index (χ3v) is 1.38. The molecule has 68 valence electrons. The Labute approximate surface area is 72.2 Å². The molecule has 0 heterocycles. The Morgan fingerprint density at radius 2 is 2.08 bits per heavy atom. The number of hydrogen-bond acceptors (Lipinski definition) is 3. The van der Waals surface area contributed by atoms with Gasteiger partial charge in [0, 0.05) is 12.7 Å². The van der Waals surface area contributed by atoms with Crippen LogP contribution in [0, 0.1) is 0 Å². The molecule has 0 saturated carbocycles. The van der Waals surface area contributed by atoms with Crippen molar-refractivity contribution in [1.29, 1.82) is 0 Å². The lowest BCUT2D eigenvalue weighted by Crippen LogP contribution is -2.38. The van der Waals surface area contributed by atoms with Crippen molar-refractivity contribution in [1.82, 2.24) is 10.4 Å². The fourth-order valence-electron chi connectivity index (χ4n) is 0.675. The predicted molar refractivity (Wildman–Crippen MR) is 47.4 cm³/mol. The summed E-state index contributed by atoms with van der Waals surface area (Å²) in [6.07, 6.45) is 0. The molecule has 0 rings (SSSR count). The summed E-state index contributed by atoms with van der Waals surface area (Å²) in [4.78, 5) is 10.3. The first-order valence-electron chi connectivity index (χ1n) is 3.50. The highest BCUT2D eigenvalue weighted by Crippen LogP contribution is 2.06. The molecule has 0 aromatic carbocycles. The molecule has 0 aromatic heterocycles. The minimum atomic E-state index is -0.910. The maximum absolute atomic E-state index is 10.3. The summed E-state index contributed by atoms with van der Waals surface area (Å²) in [5.41, 5.74) is 4.03. The van der Waals surface area contributed by atoms with E-state index in [9.17, 15) is 4.79 Å². The molecule has 2 N–H and O–H groups in total. The molecule has 0 aliphatic carbocycles. The number of carboxylic acids is 1. The number of allylic oxidation sites excluding steroid dienone is 1. The Morgan fingerprint density at radius 1 is 1.58 bits per heavy atom. The van der Waals surface area contributed by atoms with Crippen molar-refractivity contribution in [3.8, 4) is 0 Å². The molecule has 0 unspecified atom stereocenters. The van der Waals surface area contributed by atoms with E-state index in [1.165, 1.54) is 5.01 Å². The van der Waals surface area contributed by atoms with Gasteiger partial charge in [-0.05, 0) is 12.5 Å². The van der Waals surface area contributed by atoms with Crippen LogP contribution in [-0.4, -0.2) is 29.7 Å². The summed E-state index contributed by atoms with van der Waals surface area (Å²) in [6, 6.07) is 0. The summed E-state index contributed by atoms with van der Waals surface area (Å²) in [6.45, 7) is 8.99. The Hall–Kier alpha value is -1.29. The second-order valence-electron chi connectivity index (χ2n) is 2.43. The molecule has 0 radical (unpaired) electrons. The van der Waals surface area contributed by atoms with E-state index < -0.39 is 5.97 Å². The Morgan fingerprint density at radius 3 is 2.33 bits per heavy atom. The van der Waals surface area contributed by atoms with Crippen LogP contribution in [0.25, 0.3) is 0 Å². The van der Waals surface area contributed by atoms with Crippen molar-refractivity contribution in [3.05, 3.63) is 24.4 Å². The number of nitrogens with zero attached hydrogens (tertiary/aromatic N) is 1. The normalized spacial score (nSPS) is 9.17. The summed E-state index contributed by atoms with van der Waals surface area (Å²) >= 11 is 0. The fraction of sp³-hybridized carbons (Fsp3) is 0.375. The number of hydrogen-bond donors (Lipinski definition) is 2. The summed E-state index contributed by atoms with van der Waals surface area (Å²) in [5.74, 6) is -0.910. The molecule has 0 fully saturated rings. The van der Waals surface area contributed by atoms with Crippen LogP contribution in [0.4, 0.5) is 0 Å². The maximum Gasteiger partial charge on any atom is 0.324 e. The van der Waals surface area contributed by atoms with Gasteiger partial charge in [0.25, 0.3) is 0 Å². The molecule has 4 heteroatoms. The lowest BCUT2D eigenvalue weighted by atomic mass is 10.2. The quantitative estimate of drug-likeness (QED) is 0.468. The highest BCUT2D eigenvalue weighted by Gasteiger charge is 2.09. The van der Waals surface area contributed by atoms with Crippen LogP contribution in [-0.2, 0) is 4.79 Å². The molecule has 0 spiro atoms. The largest absolute Gasteiger partial charge is 0.480 e. The Bertz CT molecular complexity index is 211. The van der Waals surface area contributed by atoms with Crippen LogP contribution in [0.15, 0.2) is 24.4 Å². The maximum atomic E-state index is 10.3. The van der Waals surface area contributed by atoms with Gasteiger partial charge in [0.05, 0.1) is 0 Å². The van der Waals surface area contributed by atoms with Crippen molar-refractivity contribution in [2.75, 3.05) is 13.6 Å². The highest BCUT2D eigenvalue weighted by atomic mass is 16.4. The van der Waals surface area contributed by atoms with Gasteiger partial charge in [-0.25, -0.2) is 5.43 Å². The summed E-state index contributed by atoms with van der Waals surface area (Å²) in [5, 5.41) is 9.91. The lowest BCUT2D eigenvalue weighted by molar-refractivity contribution is -0.138. The first kappa shape index (κ1) is 10.7. The number of rotatable bonds is 5. The SMILES string of the molecule is C=C(C)C(=C)N(CC(=O)O)NC. The number of carbonyl (C=O) groups is 1. The number of aliphatic carboxylic acids is 1. The van der Waals surface area contributed by atoms with Crippen LogP contribution < -0.4 is 5.43 Å². The highest BCUT2D eigenvalue weighted by molar-refractivity contribution is 5.69. The molecular weight excluding hydrogens is 156 g/mol. The van der Waals surface area contributed by atoms with Crippen LogP contribution in [0.1, 0.15) is 6.92 Å². The molecule has 0 aliphatic rings. The minimum Gasteiger partial charge on any atom is -0.480 e. The molecule has 0 saturated heterocycles. The standard InChI is InChI=1S/C8H14N2O2/c1-6(2)7(3)10(9-4)5-8(11)12/h9H,1,3,5H2,2,4H3,(H,11,12). The monoisotopic (exact) mass is 170 g/mol. The van der Waals surface area contributed by atoms with Gasteiger partial charge in [-0.15, -0.1) is 0 Å². The Balaban J connectivity index is 4.24. The molecule has 0 aromatic rings. The number of nitrogens with one attached hydrogen (secondary N) is 1. The predicted octanol–water partition coefficient (Wildman–Crippen LogP) is 0.597. The van der Waals surface area contributed by atoms with Crippen LogP contribution >= 0.6 is 0 Å². The van der Waals surface area contributed by atoms with Gasteiger partial charge in [-0.1, -0.05) is 13.2 Å². The van der Waals surface area contributed by atoms with E-state index in [-0.39, 0.29) is 6.54 Å². The van der Waals surface area contributed by atoms with Gasteiger partial charge in [0.2, 0.25) is 0 Å². The molecule has 0 atom stereocenters. The van der Waals surface area contributed by atoms with E-state index in [4.69, 9.17) is 5.11 Å². The first-order valence-corrected chi connectivity index (χ1v) is 3.50. The van der Waals surface area contributed by atoms with Gasteiger partial charge >= 0.3 is 5.97 Å². The topological polar surface area (TPSA) is 52.6 Å². The Kier molecular flexibility index (Phi) is 4.07. The molecular formula is C8H14N2O2. The van der Waals surface area contributed by atoms with Crippen molar-refractivity contribution in [3.63, 3.8) is 0 Å². The molecule has 0 bridgehead atoms. The zero-order valence-electron chi connectivity index (χ0n) is 7.42. The lowest BCUT2D eigenvalue weighted by Gasteiger charge is -2.23. The number of hydrazine groups is 1. The molecule has 0 aliphatic heterocycles. The van der Waals surface area contributed by atoms with E-state index in [1.54, 1.807) is 14.0 Å². The van der Waals surface area contributed by atoms with Gasteiger partial charge < -0.3 is 5.11 Å². The third-order valence-electron chi connectivity index (χ3n) is 1.38. The molecule has 0 amide bonds.